The van der Waals surface area contributed by atoms with Gasteiger partial charge in [0.15, 0.2) is 0 Å². The molecular weight excluding hydrogens is 271 g/mol. The lowest BCUT2D eigenvalue weighted by atomic mass is 9.99. The van der Waals surface area contributed by atoms with E-state index in [-0.39, 0.29) is 17.8 Å². The van der Waals surface area contributed by atoms with E-state index in [4.69, 9.17) is 4.74 Å². The predicted octanol–water partition coefficient (Wildman–Crippen LogP) is 2.28. The molecule has 0 aromatic heterocycles. The van der Waals surface area contributed by atoms with Crippen molar-refractivity contribution >= 4 is 5.91 Å². The highest BCUT2D eigenvalue weighted by Gasteiger charge is 2.30. The third-order valence-electron chi connectivity index (χ3n) is 4.00. The minimum Gasteiger partial charge on any atom is -0.496 e. The maximum Gasteiger partial charge on any atom is 0.239 e. The molecule has 4 nitrogen and oxygen atoms in total. The van der Waals surface area contributed by atoms with Gasteiger partial charge < -0.3 is 9.64 Å². The average molecular weight is 294 g/mol. The summed E-state index contributed by atoms with van der Waals surface area (Å²) in [5.74, 6) is 0.345. The van der Waals surface area contributed by atoms with Gasteiger partial charge in [0, 0.05) is 26.2 Å². The van der Waals surface area contributed by atoms with Gasteiger partial charge in [-0.2, -0.15) is 0 Å². The summed E-state index contributed by atoms with van der Waals surface area (Å²) in [4.78, 5) is 16.0. The number of benzene rings is 1. The minimum absolute atomic E-state index is 0.0880. The molecule has 1 aromatic carbocycles. The summed E-state index contributed by atoms with van der Waals surface area (Å²) in [5.41, 5.74) is 0.526. The fourth-order valence-corrected chi connectivity index (χ4v) is 2.84. The molecule has 1 atom stereocenters. The van der Waals surface area contributed by atoms with E-state index in [2.05, 4.69) is 4.90 Å². The van der Waals surface area contributed by atoms with E-state index in [0.29, 0.717) is 17.9 Å². The van der Waals surface area contributed by atoms with Crippen molar-refractivity contribution in [3.63, 3.8) is 0 Å². The molecule has 0 spiro atoms. The number of likely N-dealkylation sites (N-methyl/N-ethyl adjacent to an activating group) is 1. The molecule has 1 aromatic rings. The average Bonchev–Trinajstić information content (AvgIpc) is 2.49. The second-order valence-electron chi connectivity index (χ2n) is 5.64. The largest absolute Gasteiger partial charge is 0.496 e. The molecule has 1 saturated heterocycles. The molecule has 0 N–H and O–H groups in total. The topological polar surface area (TPSA) is 32.8 Å². The van der Waals surface area contributed by atoms with Crippen LogP contribution < -0.4 is 4.74 Å². The number of nitrogens with zero attached hydrogens (tertiary/aromatic N) is 2. The molecule has 1 aliphatic heterocycles. The number of amides is 1. The Balaban J connectivity index is 2.22. The van der Waals surface area contributed by atoms with E-state index in [9.17, 15) is 9.18 Å². The number of hydrogen-bond donors (Lipinski definition) is 0. The molecule has 21 heavy (non-hydrogen) atoms. The normalized spacial score (nSPS) is 19.3. The summed E-state index contributed by atoms with van der Waals surface area (Å²) in [6.45, 7) is 1.21. The lowest BCUT2D eigenvalue weighted by molar-refractivity contribution is -0.136. The summed E-state index contributed by atoms with van der Waals surface area (Å²) in [7, 11) is 5.06. The number of carbonyl (C=O) groups excluding carboxylic acids is 1. The van der Waals surface area contributed by atoms with Crippen LogP contribution in [0.1, 0.15) is 24.8 Å². The Morgan fingerprint density at radius 3 is 2.86 bits per heavy atom. The summed E-state index contributed by atoms with van der Waals surface area (Å²) in [6, 6.07) is 4.66. The molecule has 0 aliphatic carbocycles. The quantitative estimate of drug-likeness (QED) is 0.854. The Hall–Kier alpha value is -1.62. The smallest absolute Gasteiger partial charge is 0.239 e. The van der Waals surface area contributed by atoms with Crippen molar-refractivity contribution in [1.29, 1.82) is 0 Å². The van der Waals surface area contributed by atoms with E-state index in [1.54, 1.807) is 31.1 Å². The monoisotopic (exact) mass is 294 g/mol. The Morgan fingerprint density at radius 1 is 1.43 bits per heavy atom. The van der Waals surface area contributed by atoms with Crippen molar-refractivity contribution in [3.8, 4) is 5.75 Å². The lowest BCUT2D eigenvalue weighted by Gasteiger charge is -2.36. The maximum atomic E-state index is 14.1. The van der Waals surface area contributed by atoms with Gasteiger partial charge in [-0.25, -0.2) is 4.39 Å². The van der Waals surface area contributed by atoms with Crippen molar-refractivity contribution in [2.24, 2.45) is 0 Å². The SMILES string of the molecule is COc1cccc(F)c1CN1CCCC[C@H]1C(=O)N(C)C. The molecule has 0 bridgehead atoms. The third kappa shape index (κ3) is 3.53. The van der Waals surface area contributed by atoms with Crippen LogP contribution in [0.25, 0.3) is 0 Å². The Labute approximate surface area is 125 Å². The van der Waals surface area contributed by atoms with Crippen molar-refractivity contribution in [2.45, 2.75) is 31.8 Å². The van der Waals surface area contributed by atoms with E-state index in [1.807, 2.05) is 0 Å². The van der Waals surface area contributed by atoms with E-state index in [1.165, 1.54) is 13.2 Å². The first-order chi connectivity index (χ1) is 10.0. The van der Waals surface area contributed by atoms with E-state index < -0.39 is 0 Å². The highest BCUT2D eigenvalue weighted by atomic mass is 19.1. The van der Waals surface area contributed by atoms with Crippen LogP contribution in [0, 0.1) is 5.82 Å². The van der Waals surface area contributed by atoms with Crippen molar-refractivity contribution in [3.05, 3.63) is 29.6 Å². The lowest BCUT2D eigenvalue weighted by Crippen LogP contribution is -2.48. The number of piperidine rings is 1. The van der Waals surface area contributed by atoms with Gasteiger partial charge in [-0.15, -0.1) is 0 Å². The summed E-state index contributed by atoms with van der Waals surface area (Å²) in [5, 5.41) is 0. The molecule has 1 heterocycles. The van der Waals surface area contributed by atoms with Crippen LogP contribution in [0.4, 0.5) is 4.39 Å². The number of carbonyl (C=O) groups is 1. The van der Waals surface area contributed by atoms with Crippen molar-refractivity contribution < 1.29 is 13.9 Å². The zero-order valence-electron chi connectivity index (χ0n) is 12.9. The third-order valence-corrected chi connectivity index (χ3v) is 4.00. The molecule has 5 heteroatoms. The van der Waals surface area contributed by atoms with Crippen LogP contribution in [0.15, 0.2) is 18.2 Å². The number of likely N-dealkylation sites (tertiary alicyclic amines) is 1. The number of methoxy groups -OCH3 is 1. The predicted molar refractivity (Wildman–Crippen MR) is 79.7 cm³/mol. The molecule has 1 aliphatic rings. The first kappa shape index (κ1) is 15.8. The number of halogens is 1. The second-order valence-corrected chi connectivity index (χ2v) is 5.64. The fourth-order valence-electron chi connectivity index (χ4n) is 2.84. The van der Waals surface area contributed by atoms with Crippen LogP contribution in [0.5, 0.6) is 5.75 Å². The van der Waals surface area contributed by atoms with Crippen LogP contribution in [-0.2, 0) is 11.3 Å². The molecule has 116 valence electrons. The molecule has 2 rings (SSSR count). The standard InChI is InChI=1S/C16H23FN2O2/c1-18(2)16(20)14-8-4-5-10-19(14)11-12-13(17)7-6-9-15(12)21-3/h6-7,9,14H,4-5,8,10-11H2,1-3H3/t14-/m0/s1. The molecule has 0 unspecified atom stereocenters. The molecule has 0 saturated carbocycles. The van der Waals surface area contributed by atoms with Gasteiger partial charge in [0.25, 0.3) is 0 Å². The zero-order chi connectivity index (χ0) is 15.4. The van der Waals surface area contributed by atoms with Gasteiger partial charge in [0.1, 0.15) is 11.6 Å². The number of rotatable bonds is 4. The van der Waals surface area contributed by atoms with Crippen LogP contribution in [0.3, 0.4) is 0 Å². The number of ether oxygens (including phenoxy) is 1. The van der Waals surface area contributed by atoms with Crippen molar-refractivity contribution in [1.82, 2.24) is 9.80 Å². The Bertz CT molecular complexity index is 505. The second kappa shape index (κ2) is 6.89. The zero-order valence-corrected chi connectivity index (χ0v) is 12.9. The summed E-state index contributed by atoms with van der Waals surface area (Å²) < 4.78 is 19.3. The maximum absolute atomic E-state index is 14.1. The first-order valence-corrected chi connectivity index (χ1v) is 7.31. The first-order valence-electron chi connectivity index (χ1n) is 7.31. The van der Waals surface area contributed by atoms with Gasteiger partial charge in [0.2, 0.25) is 5.91 Å². The highest BCUT2D eigenvalue weighted by Crippen LogP contribution is 2.27. The van der Waals surface area contributed by atoms with E-state index >= 15 is 0 Å². The Morgan fingerprint density at radius 2 is 2.19 bits per heavy atom. The van der Waals surface area contributed by atoms with Gasteiger partial charge >= 0.3 is 0 Å². The van der Waals surface area contributed by atoms with Gasteiger partial charge in [-0.3, -0.25) is 9.69 Å². The summed E-state index contributed by atoms with van der Waals surface area (Å²) >= 11 is 0. The fraction of sp³-hybridized carbons (Fsp3) is 0.562. The molecule has 1 fully saturated rings. The summed E-state index contributed by atoms with van der Waals surface area (Å²) in [6.07, 6.45) is 2.90. The van der Waals surface area contributed by atoms with Crippen LogP contribution >= 0.6 is 0 Å². The van der Waals surface area contributed by atoms with Gasteiger partial charge in [-0.1, -0.05) is 12.5 Å². The molecule has 0 radical (unpaired) electrons. The highest BCUT2D eigenvalue weighted by molar-refractivity contribution is 5.81. The van der Waals surface area contributed by atoms with Gasteiger partial charge in [0.05, 0.1) is 13.2 Å². The van der Waals surface area contributed by atoms with Crippen molar-refractivity contribution in [2.75, 3.05) is 27.7 Å². The van der Waals surface area contributed by atoms with Gasteiger partial charge in [-0.05, 0) is 31.5 Å². The molecule has 1 amide bonds. The molecular formula is C16H23FN2O2. The minimum atomic E-state index is -0.282. The van der Waals surface area contributed by atoms with Crippen LogP contribution in [-0.4, -0.2) is 49.5 Å². The van der Waals surface area contributed by atoms with E-state index in [0.717, 1.165) is 25.8 Å². The Kier molecular flexibility index (Phi) is 5.17. The van der Waals surface area contributed by atoms with Crippen LogP contribution in [0.2, 0.25) is 0 Å². The number of hydrogen-bond acceptors (Lipinski definition) is 3.